The van der Waals surface area contributed by atoms with E-state index in [2.05, 4.69) is 5.32 Å². The van der Waals surface area contributed by atoms with Gasteiger partial charge in [0.2, 0.25) is 0 Å². The minimum absolute atomic E-state index is 0.0324. The Balaban J connectivity index is 2.24. The lowest BCUT2D eigenvalue weighted by Crippen LogP contribution is -2.50. The molecular formula is C9H17NO3. The Morgan fingerprint density at radius 2 is 2.00 bits per heavy atom. The summed E-state index contributed by atoms with van der Waals surface area (Å²) in [5, 5.41) is 20.9. The number of carbonyl (C=O) groups is 1. The van der Waals surface area contributed by atoms with Gasteiger partial charge in [0.05, 0.1) is 12.0 Å². The fourth-order valence-electron chi connectivity index (χ4n) is 1.45. The molecule has 0 aliphatic heterocycles. The Morgan fingerprint density at radius 1 is 1.46 bits per heavy atom. The third-order valence-electron chi connectivity index (χ3n) is 2.75. The van der Waals surface area contributed by atoms with Gasteiger partial charge in [0.1, 0.15) is 0 Å². The van der Waals surface area contributed by atoms with E-state index in [4.69, 9.17) is 10.2 Å². The van der Waals surface area contributed by atoms with Crippen LogP contribution >= 0.6 is 0 Å². The number of hydrogen-bond acceptors (Lipinski definition) is 3. The average Bonchev–Trinajstić information content (AvgIpc) is 2.00. The van der Waals surface area contributed by atoms with Crippen molar-refractivity contribution in [2.45, 2.75) is 44.9 Å². The van der Waals surface area contributed by atoms with Gasteiger partial charge in [-0.05, 0) is 19.8 Å². The highest BCUT2D eigenvalue weighted by atomic mass is 16.4. The van der Waals surface area contributed by atoms with Gasteiger partial charge in [0, 0.05) is 12.1 Å². The highest BCUT2D eigenvalue weighted by molar-refractivity contribution is 5.70. The van der Waals surface area contributed by atoms with E-state index in [1.165, 1.54) is 0 Å². The van der Waals surface area contributed by atoms with Gasteiger partial charge in [-0.25, -0.2) is 0 Å². The summed E-state index contributed by atoms with van der Waals surface area (Å²) in [5.41, 5.74) is 0. The molecule has 1 rings (SSSR count). The topological polar surface area (TPSA) is 69.6 Å². The van der Waals surface area contributed by atoms with E-state index in [1.807, 2.05) is 6.92 Å². The van der Waals surface area contributed by atoms with Gasteiger partial charge in [-0.3, -0.25) is 4.79 Å². The molecule has 0 aromatic carbocycles. The molecule has 76 valence electrons. The van der Waals surface area contributed by atoms with Crippen molar-refractivity contribution >= 4 is 5.97 Å². The molecule has 3 N–H and O–H groups in total. The second-order valence-corrected chi connectivity index (χ2v) is 3.90. The van der Waals surface area contributed by atoms with Crippen LogP contribution in [0, 0.1) is 5.92 Å². The van der Waals surface area contributed by atoms with Crippen LogP contribution in [0.1, 0.15) is 26.7 Å². The second-order valence-electron chi connectivity index (χ2n) is 3.90. The molecule has 1 saturated carbocycles. The first-order valence-corrected chi connectivity index (χ1v) is 4.67. The Kier molecular flexibility index (Phi) is 3.27. The number of carboxylic acids is 1. The van der Waals surface area contributed by atoms with Gasteiger partial charge < -0.3 is 15.5 Å². The molecule has 0 bridgehead atoms. The molecule has 1 aliphatic rings. The standard InChI is InChI=1S/C9H17NO3/c1-5(9(12)13)6(2)10-7-3-8(11)4-7/h5-8,10-11H,3-4H2,1-2H3,(H,12,13). The molecule has 4 heteroatoms. The van der Waals surface area contributed by atoms with Crippen molar-refractivity contribution in [3.63, 3.8) is 0 Å². The van der Waals surface area contributed by atoms with Crippen LogP contribution in [0.3, 0.4) is 0 Å². The number of hydrogen-bond donors (Lipinski definition) is 3. The number of nitrogens with one attached hydrogen (secondary N) is 1. The van der Waals surface area contributed by atoms with Gasteiger partial charge in [-0.15, -0.1) is 0 Å². The van der Waals surface area contributed by atoms with Gasteiger partial charge in [0.25, 0.3) is 0 Å². The van der Waals surface area contributed by atoms with Crippen molar-refractivity contribution < 1.29 is 15.0 Å². The Morgan fingerprint density at radius 3 is 2.38 bits per heavy atom. The summed E-state index contributed by atoms with van der Waals surface area (Å²) in [6.45, 7) is 3.55. The fraction of sp³-hybridized carbons (Fsp3) is 0.889. The first kappa shape index (κ1) is 10.5. The first-order chi connectivity index (χ1) is 6.00. The van der Waals surface area contributed by atoms with E-state index in [1.54, 1.807) is 6.92 Å². The summed E-state index contributed by atoms with van der Waals surface area (Å²) in [5.74, 6) is -1.15. The molecular weight excluding hydrogens is 170 g/mol. The third kappa shape index (κ3) is 2.67. The zero-order chi connectivity index (χ0) is 10.0. The smallest absolute Gasteiger partial charge is 0.307 e. The minimum atomic E-state index is -0.778. The largest absolute Gasteiger partial charge is 0.481 e. The van der Waals surface area contributed by atoms with Crippen LogP contribution in [0.2, 0.25) is 0 Å². The molecule has 1 fully saturated rings. The van der Waals surface area contributed by atoms with E-state index >= 15 is 0 Å². The van der Waals surface area contributed by atoms with Crippen LogP contribution in [-0.2, 0) is 4.79 Å². The van der Waals surface area contributed by atoms with Crippen molar-refractivity contribution in [1.82, 2.24) is 5.32 Å². The van der Waals surface area contributed by atoms with E-state index in [-0.39, 0.29) is 18.1 Å². The molecule has 1 aliphatic carbocycles. The number of rotatable bonds is 4. The SMILES string of the molecule is CC(NC1CC(O)C1)C(C)C(=O)O. The Hall–Kier alpha value is -0.610. The summed E-state index contributed by atoms with van der Waals surface area (Å²) in [6, 6.07) is 0.266. The van der Waals surface area contributed by atoms with Gasteiger partial charge in [-0.1, -0.05) is 6.92 Å². The van der Waals surface area contributed by atoms with Crippen molar-refractivity contribution in [3.8, 4) is 0 Å². The maximum absolute atomic E-state index is 10.6. The van der Waals surface area contributed by atoms with Crippen LogP contribution in [0.4, 0.5) is 0 Å². The minimum Gasteiger partial charge on any atom is -0.481 e. The molecule has 0 amide bonds. The Labute approximate surface area is 78.0 Å². The molecule has 2 unspecified atom stereocenters. The molecule has 4 nitrogen and oxygen atoms in total. The van der Waals surface area contributed by atoms with Crippen LogP contribution in [0.5, 0.6) is 0 Å². The summed E-state index contributed by atoms with van der Waals surface area (Å²) < 4.78 is 0. The van der Waals surface area contributed by atoms with E-state index < -0.39 is 5.97 Å². The van der Waals surface area contributed by atoms with Gasteiger partial charge >= 0.3 is 5.97 Å². The molecule has 13 heavy (non-hydrogen) atoms. The monoisotopic (exact) mass is 187 g/mol. The highest BCUT2D eigenvalue weighted by Gasteiger charge is 2.30. The fourth-order valence-corrected chi connectivity index (χ4v) is 1.45. The quantitative estimate of drug-likeness (QED) is 0.588. The molecule has 2 atom stereocenters. The predicted octanol–water partition coefficient (Wildman–Crippen LogP) is 0.208. The van der Waals surface area contributed by atoms with Crippen LogP contribution in [-0.4, -0.2) is 34.4 Å². The molecule has 0 heterocycles. The summed E-state index contributed by atoms with van der Waals surface area (Å²) in [7, 11) is 0. The van der Waals surface area contributed by atoms with E-state index in [0.29, 0.717) is 6.04 Å². The zero-order valence-electron chi connectivity index (χ0n) is 8.03. The second kappa shape index (κ2) is 4.07. The zero-order valence-corrected chi connectivity index (χ0v) is 8.03. The third-order valence-corrected chi connectivity index (χ3v) is 2.75. The molecule has 0 saturated heterocycles. The molecule has 0 radical (unpaired) electrons. The van der Waals surface area contributed by atoms with Crippen molar-refractivity contribution in [1.29, 1.82) is 0 Å². The van der Waals surface area contributed by atoms with Crippen LogP contribution in [0.15, 0.2) is 0 Å². The average molecular weight is 187 g/mol. The maximum Gasteiger partial charge on any atom is 0.307 e. The number of aliphatic carboxylic acids is 1. The lowest BCUT2D eigenvalue weighted by Gasteiger charge is -2.35. The number of aliphatic hydroxyl groups excluding tert-OH is 1. The van der Waals surface area contributed by atoms with E-state index in [0.717, 1.165) is 12.8 Å². The van der Waals surface area contributed by atoms with Crippen molar-refractivity contribution in [2.75, 3.05) is 0 Å². The predicted molar refractivity (Wildman–Crippen MR) is 48.4 cm³/mol. The number of carboxylic acid groups (broad SMARTS) is 1. The highest BCUT2D eigenvalue weighted by Crippen LogP contribution is 2.20. The van der Waals surface area contributed by atoms with Gasteiger partial charge in [0.15, 0.2) is 0 Å². The Bertz CT molecular complexity index is 189. The van der Waals surface area contributed by atoms with E-state index in [9.17, 15) is 4.79 Å². The molecule has 0 spiro atoms. The molecule has 0 aromatic rings. The molecule has 0 aromatic heterocycles. The van der Waals surface area contributed by atoms with Crippen molar-refractivity contribution in [2.24, 2.45) is 5.92 Å². The lowest BCUT2D eigenvalue weighted by molar-refractivity contribution is -0.142. The first-order valence-electron chi connectivity index (χ1n) is 4.67. The normalized spacial score (nSPS) is 31.9. The summed E-state index contributed by atoms with van der Waals surface area (Å²) in [6.07, 6.45) is 1.30. The van der Waals surface area contributed by atoms with Crippen LogP contribution < -0.4 is 5.32 Å². The van der Waals surface area contributed by atoms with Crippen molar-refractivity contribution in [3.05, 3.63) is 0 Å². The lowest BCUT2D eigenvalue weighted by atomic mass is 9.88. The van der Waals surface area contributed by atoms with Gasteiger partial charge in [-0.2, -0.15) is 0 Å². The number of aliphatic hydroxyl groups is 1. The summed E-state index contributed by atoms with van der Waals surface area (Å²) >= 11 is 0. The summed E-state index contributed by atoms with van der Waals surface area (Å²) in [4.78, 5) is 10.6. The van der Waals surface area contributed by atoms with Crippen LogP contribution in [0.25, 0.3) is 0 Å². The maximum atomic E-state index is 10.6.